The van der Waals surface area contributed by atoms with Gasteiger partial charge in [0.15, 0.2) is 0 Å². The Morgan fingerprint density at radius 2 is 1.70 bits per heavy atom. The molecule has 0 radical (unpaired) electrons. The molecular weight excluding hydrogens is 400 g/mol. The summed E-state index contributed by atoms with van der Waals surface area (Å²) in [5, 5.41) is 0. The molecule has 30 heavy (non-hydrogen) atoms. The third kappa shape index (κ3) is 4.35. The average Bonchev–Trinajstić information content (AvgIpc) is 3.11. The number of hydrogen-bond acceptors (Lipinski definition) is 4. The van der Waals surface area contributed by atoms with E-state index < -0.39 is 10.2 Å². The third-order valence-electron chi connectivity index (χ3n) is 5.65. The van der Waals surface area contributed by atoms with Gasteiger partial charge in [-0.25, -0.2) is 4.98 Å². The lowest BCUT2D eigenvalue weighted by molar-refractivity contribution is 0.237. The molecule has 0 bridgehead atoms. The van der Waals surface area contributed by atoms with Crippen molar-refractivity contribution in [2.45, 2.75) is 26.0 Å². The van der Waals surface area contributed by atoms with Crippen LogP contribution >= 0.6 is 0 Å². The highest BCUT2D eigenvalue weighted by atomic mass is 32.2. The topological polar surface area (TPSA) is 67.7 Å². The molecule has 0 unspecified atom stereocenters. The molecular formula is C22H28N4O3S. The maximum absolute atomic E-state index is 12.4. The van der Waals surface area contributed by atoms with Crippen LogP contribution in [0, 0.1) is 5.92 Å². The SMILES string of the molecule is CN(C)S(=O)(=O)N1CCC(Cn2c(COc3ccccc3)nc3ccccc32)CC1. The van der Waals surface area contributed by atoms with Crippen molar-refractivity contribution in [2.75, 3.05) is 27.2 Å². The number of piperidine rings is 1. The van der Waals surface area contributed by atoms with Gasteiger partial charge in [-0.1, -0.05) is 30.3 Å². The van der Waals surface area contributed by atoms with Crippen molar-refractivity contribution in [1.29, 1.82) is 0 Å². The highest BCUT2D eigenvalue weighted by Crippen LogP contribution is 2.26. The number of rotatable bonds is 7. The fraction of sp³-hybridized carbons (Fsp3) is 0.409. The molecule has 1 saturated heterocycles. The van der Waals surface area contributed by atoms with Crippen LogP contribution < -0.4 is 4.74 Å². The van der Waals surface area contributed by atoms with Gasteiger partial charge in [-0.2, -0.15) is 17.0 Å². The summed E-state index contributed by atoms with van der Waals surface area (Å²) >= 11 is 0. The molecule has 1 aromatic heterocycles. The average molecular weight is 429 g/mol. The van der Waals surface area contributed by atoms with Crippen LogP contribution in [0.1, 0.15) is 18.7 Å². The second-order valence-corrected chi connectivity index (χ2v) is 10.0. The van der Waals surface area contributed by atoms with Gasteiger partial charge in [0, 0.05) is 33.7 Å². The molecule has 0 atom stereocenters. The van der Waals surface area contributed by atoms with E-state index in [1.807, 2.05) is 48.5 Å². The zero-order valence-corrected chi connectivity index (χ0v) is 18.3. The fourth-order valence-corrected chi connectivity index (χ4v) is 5.05. The van der Waals surface area contributed by atoms with Gasteiger partial charge in [-0.05, 0) is 43.0 Å². The summed E-state index contributed by atoms with van der Waals surface area (Å²) in [6, 6.07) is 17.9. The lowest BCUT2D eigenvalue weighted by Crippen LogP contribution is -2.44. The lowest BCUT2D eigenvalue weighted by atomic mass is 9.98. The van der Waals surface area contributed by atoms with Crippen molar-refractivity contribution in [1.82, 2.24) is 18.2 Å². The van der Waals surface area contributed by atoms with Crippen molar-refractivity contribution >= 4 is 21.2 Å². The Bertz CT molecular complexity index is 1090. The van der Waals surface area contributed by atoms with E-state index in [9.17, 15) is 8.42 Å². The number of imidazole rings is 1. The van der Waals surface area contributed by atoms with Crippen molar-refractivity contribution in [3.8, 4) is 5.75 Å². The maximum atomic E-state index is 12.4. The quantitative estimate of drug-likeness (QED) is 0.580. The first kappa shape index (κ1) is 20.8. The molecule has 1 aliphatic rings. The minimum absolute atomic E-state index is 0.395. The molecule has 2 heterocycles. The van der Waals surface area contributed by atoms with Gasteiger partial charge >= 0.3 is 0 Å². The Labute approximate surface area is 178 Å². The second-order valence-electron chi connectivity index (χ2n) is 7.86. The first-order valence-electron chi connectivity index (χ1n) is 10.2. The van der Waals surface area contributed by atoms with E-state index >= 15 is 0 Å². The van der Waals surface area contributed by atoms with Crippen molar-refractivity contribution in [2.24, 2.45) is 5.92 Å². The van der Waals surface area contributed by atoms with Gasteiger partial charge in [0.1, 0.15) is 18.2 Å². The first-order valence-corrected chi connectivity index (χ1v) is 11.6. The molecule has 160 valence electrons. The molecule has 7 nitrogen and oxygen atoms in total. The predicted octanol–water partition coefficient (Wildman–Crippen LogP) is 3.13. The van der Waals surface area contributed by atoms with E-state index in [0.717, 1.165) is 42.0 Å². The molecule has 8 heteroatoms. The minimum atomic E-state index is -3.34. The van der Waals surface area contributed by atoms with Crippen LogP contribution in [0.3, 0.4) is 0 Å². The fourth-order valence-electron chi connectivity index (χ4n) is 3.92. The molecule has 0 N–H and O–H groups in total. The number of fused-ring (bicyclic) bond motifs is 1. The standard InChI is InChI=1S/C22H28N4O3S/c1-24(2)30(27,28)25-14-12-18(13-15-25)16-26-21-11-7-6-10-20(21)23-22(26)17-29-19-8-4-3-5-9-19/h3-11,18H,12-17H2,1-2H3. The summed E-state index contributed by atoms with van der Waals surface area (Å²) in [5.41, 5.74) is 2.05. The number of hydrogen-bond donors (Lipinski definition) is 0. The maximum Gasteiger partial charge on any atom is 0.281 e. The Morgan fingerprint density at radius 1 is 1.03 bits per heavy atom. The van der Waals surface area contributed by atoms with Gasteiger partial charge in [0.25, 0.3) is 10.2 Å². The van der Waals surface area contributed by atoms with Crippen LogP contribution in [-0.4, -0.2) is 53.8 Å². The number of aromatic nitrogens is 2. The molecule has 1 aliphatic heterocycles. The van der Waals surface area contributed by atoms with Crippen LogP contribution in [0.5, 0.6) is 5.75 Å². The molecule has 0 spiro atoms. The number of benzene rings is 2. The highest BCUT2D eigenvalue weighted by Gasteiger charge is 2.30. The van der Waals surface area contributed by atoms with Crippen LogP contribution in [0.25, 0.3) is 11.0 Å². The Balaban J connectivity index is 1.50. The molecule has 2 aromatic carbocycles. The van der Waals surface area contributed by atoms with Crippen LogP contribution in [-0.2, 0) is 23.4 Å². The van der Waals surface area contributed by atoms with Crippen molar-refractivity contribution in [3.63, 3.8) is 0 Å². The monoisotopic (exact) mass is 428 g/mol. The molecule has 4 rings (SSSR count). The molecule has 0 amide bonds. The number of ether oxygens (including phenoxy) is 1. The zero-order valence-electron chi connectivity index (χ0n) is 17.4. The molecule has 0 aliphatic carbocycles. The highest BCUT2D eigenvalue weighted by molar-refractivity contribution is 7.86. The molecule has 3 aromatic rings. The minimum Gasteiger partial charge on any atom is -0.486 e. The van der Waals surface area contributed by atoms with E-state index in [4.69, 9.17) is 9.72 Å². The van der Waals surface area contributed by atoms with E-state index in [2.05, 4.69) is 10.6 Å². The zero-order chi connectivity index (χ0) is 21.1. The van der Waals surface area contributed by atoms with Gasteiger partial charge in [0.2, 0.25) is 0 Å². The Morgan fingerprint density at radius 3 is 2.40 bits per heavy atom. The number of nitrogens with zero attached hydrogens (tertiary/aromatic N) is 4. The van der Waals surface area contributed by atoms with Crippen molar-refractivity contribution < 1.29 is 13.2 Å². The first-order chi connectivity index (χ1) is 14.4. The normalized spacial score (nSPS) is 16.4. The molecule has 1 fully saturated rings. The third-order valence-corrected chi connectivity index (χ3v) is 7.59. The van der Waals surface area contributed by atoms with E-state index in [1.165, 1.54) is 4.31 Å². The van der Waals surface area contributed by atoms with E-state index in [0.29, 0.717) is 25.6 Å². The molecule has 0 saturated carbocycles. The summed E-state index contributed by atoms with van der Waals surface area (Å²) in [4.78, 5) is 4.80. The summed E-state index contributed by atoms with van der Waals surface area (Å²) in [7, 11) is -0.177. The largest absolute Gasteiger partial charge is 0.486 e. The lowest BCUT2D eigenvalue weighted by Gasteiger charge is -2.33. The smallest absolute Gasteiger partial charge is 0.281 e. The van der Waals surface area contributed by atoms with Crippen LogP contribution in [0.15, 0.2) is 54.6 Å². The summed E-state index contributed by atoms with van der Waals surface area (Å²) in [6.45, 7) is 2.30. The number of para-hydroxylation sites is 3. The van der Waals surface area contributed by atoms with Gasteiger partial charge in [-0.3, -0.25) is 0 Å². The van der Waals surface area contributed by atoms with Crippen LogP contribution in [0.4, 0.5) is 0 Å². The van der Waals surface area contributed by atoms with Gasteiger partial charge in [0.05, 0.1) is 11.0 Å². The van der Waals surface area contributed by atoms with E-state index in [-0.39, 0.29) is 0 Å². The summed E-state index contributed by atoms with van der Waals surface area (Å²) < 4.78 is 35.8. The Kier molecular flexibility index (Phi) is 6.08. The van der Waals surface area contributed by atoms with E-state index in [1.54, 1.807) is 18.4 Å². The van der Waals surface area contributed by atoms with Crippen molar-refractivity contribution in [3.05, 3.63) is 60.4 Å². The summed E-state index contributed by atoms with van der Waals surface area (Å²) in [6.07, 6.45) is 1.66. The summed E-state index contributed by atoms with van der Waals surface area (Å²) in [5.74, 6) is 2.10. The van der Waals surface area contributed by atoms with Gasteiger partial charge < -0.3 is 9.30 Å². The predicted molar refractivity (Wildman–Crippen MR) is 117 cm³/mol. The van der Waals surface area contributed by atoms with Gasteiger partial charge in [-0.15, -0.1) is 0 Å². The van der Waals surface area contributed by atoms with Crippen LogP contribution in [0.2, 0.25) is 0 Å². The second kappa shape index (κ2) is 8.75. The Hall–Kier alpha value is -2.42.